The van der Waals surface area contributed by atoms with Gasteiger partial charge in [0.05, 0.1) is 6.54 Å². The second-order valence-electron chi connectivity index (χ2n) is 5.41. The summed E-state index contributed by atoms with van der Waals surface area (Å²) in [5.41, 5.74) is 0. The van der Waals surface area contributed by atoms with E-state index in [1.807, 2.05) is 6.92 Å². The molecule has 110 valence electrons. The first kappa shape index (κ1) is 13.5. The number of hydrogen-bond donors (Lipinski definition) is 2. The van der Waals surface area contributed by atoms with Crippen LogP contribution in [0.5, 0.6) is 0 Å². The average Bonchev–Trinajstić information content (AvgIpc) is 3.20. The van der Waals surface area contributed by atoms with Crippen molar-refractivity contribution in [2.75, 3.05) is 26.2 Å². The molecule has 1 aromatic heterocycles. The maximum atomic E-state index is 12.1. The number of carbonyl (C=O) groups is 1. The Labute approximate surface area is 118 Å². The maximum Gasteiger partial charge on any atom is 0.238 e. The van der Waals surface area contributed by atoms with Crippen molar-refractivity contribution < 1.29 is 9.32 Å². The molecule has 20 heavy (non-hydrogen) atoms. The number of hydrogen-bond acceptors (Lipinski definition) is 6. The summed E-state index contributed by atoms with van der Waals surface area (Å²) >= 11 is 0. The fourth-order valence-electron chi connectivity index (χ4n) is 2.50. The van der Waals surface area contributed by atoms with Gasteiger partial charge in [0, 0.05) is 32.1 Å². The molecule has 7 nitrogen and oxygen atoms in total. The van der Waals surface area contributed by atoms with E-state index in [1.54, 1.807) is 0 Å². The third-order valence-corrected chi connectivity index (χ3v) is 3.76. The van der Waals surface area contributed by atoms with Crippen LogP contribution in [-0.4, -0.2) is 53.2 Å². The van der Waals surface area contributed by atoms with E-state index in [0.717, 1.165) is 31.8 Å². The second-order valence-corrected chi connectivity index (χ2v) is 5.41. The summed E-state index contributed by atoms with van der Waals surface area (Å²) in [5, 5.41) is 10.2. The Kier molecular flexibility index (Phi) is 3.98. The molecule has 1 aliphatic carbocycles. The Morgan fingerprint density at radius 1 is 1.55 bits per heavy atom. The predicted octanol–water partition coefficient (Wildman–Crippen LogP) is -0.143. The first-order valence-electron chi connectivity index (χ1n) is 7.33. The van der Waals surface area contributed by atoms with E-state index in [0.29, 0.717) is 31.4 Å². The zero-order valence-electron chi connectivity index (χ0n) is 11.8. The molecule has 1 unspecified atom stereocenters. The fraction of sp³-hybridized carbons (Fsp3) is 0.769. The molecule has 7 heteroatoms. The van der Waals surface area contributed by atoms with Gasteiger partial charge in [-0.1, -0.05) is 5.16 Å². The zero-order valence-corrected chi connectivity index (χ0v) is 11.8. The van der Waals surface area contributed by atoms with Gasteiger partial charge in [-0.2, -0.15) is 4.98 Å². The Hall–Kier alpha value is -1.47. The van der Waals surface area contributed by atoms with Crippen molar-refractivity contribution in [3.05, 3.63) is 11.7 Å². The highest BCUT2D eigenvalue weighted by molar-refractivity contribution is 5.82. The summed E-state index contributed by atoms with van der Waals surface area (Å²) in [6.45, 7) is 5.51. The van der Waals surface area contributed by atoms with Gasteiger partial charge in [-0.3, -0.25) is 9.69 Å². The van der Waals surface area contributed by atoms with Crippen LogP contribution in [0.2, 0.25) is 0 Å². The van der Waals surface area contributed by atoms with Crippen molar-refractivity contribution in [3.8, 4) is 0 Å². The quantitative estimate of drug-likeness (QED) is 0.780. The lowest BCUT2D eigenvalue weighted by Gasteiger charge is -2.34. The molecule has 0 bridgehead atoms. The van der Waals surface area contributed by atoms with Gasteiger partial charge in [0.2, 0.25) is 11.8 Å². The van der Waals surface area contributed by atoms with Crippen molar-refractivity contribution in [2.24, 2.45) is 0 Å². The van der Waals surface area contributed by atoms with Crippen LogP contribution in [0.3, 0.4) is 0 Å². The minimum atomic E-state index is -0.161. The summed E-state index contributed by atoms with van der Waals surface area (Å²) in [6, 6.07) is -0.161. The third kappa shape index (κ3) is 2.99. The Morgan fingerprint density at radius 3 is 3.15 bits per heavy atom. The van der Waals surface area contributed by atoms with Crippen molar-refractivity contribution >= 4 is 5.91 Å². The number of aromatic nitrogens is 2. The van der Waals surface area contributed by atoms with E-state index in [4.69, 9.17) is 4.52 Å². The number of piperazine rings is 1. The van der Waals surface area contributed by atoms with Crippen LogP contribution in [0.25, 0.3) is 0 Å². The molecule has 3 rings (SSSR count). The van der Waals surface area contributed by atoms with Gasteiger partial charge in [-0.25, -0.2) is 0 Å². The van der Waals surface area contributed by atoms with Crippen LogP contribution in [0.15, 0.2) is 4.52 Å². The molecule has 2 N–H and O–H groups in total. The highest BCUT2D eigenvalue weighted by Gasteiger charge is 2.32. The molecule has 0 radical (unpaired) electrons. The van der Waals surface area contributed by atoms with E-state index < -0.39 is 0 Å². The lowest BCUT2D eigenvalue weighted by molar-refractivity contribution is -0.127. The van der Waals surface area contributed by atoms with Gasteiger partial charge in [-0.15, -0.1) is 0 Å². The minimum absolute atomic E-state index is 0.0608. The van der Waals surface area contributed by atoms with Crippen LogP contribution < -0.4 is 10.6 Å². The lowest BCUT2D eigenvalue weighted by Crippen LogP contribution is -2.57. The van der Waals surface area contributed by atoms with E-state index in [-0.39, 0.29) is 11.9 Å². The summed E-state index contributed by atoms with van der Waals surface area (Å²) in [5.74, 6) is 1.97. The molecule has 2 fully saturated rings. The predicted molar refractivity (Wildman–Crippen MR) is 72.0 cm³/mol. The van der Waals surface area contributed by atoms with E-state index >= 15 is 0 Å². The number of amides is 1. The molecular formula is C13H21N5O2. The van der Waals surface area contributed by atoms with Crippen LogP contribution in [0, 0.1) is 0 Å². The van der Waals surface area contributed by atoms with E-state index in [9.17, 15) is 4.79 Å². The second kappa shape index (κ2) is 5.88. The van der Waals surface area contributed by atoms with E-state index in [1.165, 1.54) is 0 Å². The molecule has 2 aliphatic rings. The van der Waals surface area contributed by atoms with Gasteiger partial charge in [0.25, 0.3) is 0 Å². The summed E-state index contributed by atoms with van der Waals surface area (Å²) < 4.78 is 5.27. The summed E-state index contributed by atoms with van der Waals surface area (Å²) in [6.07, 6.45) is 2.30. The molecule has 1 saturated carbocycles. The average molecular weight is 279 g/mol. The largest absolute Gasteiger partial charge is 0.355 e. The highest BCUT2D eigenvalue weighted by Crippen LogP contribution is 2.38. The molecule has 1 aromatic rings. The van der Waals surface area contributed by atoms with Crippen LogP contribution in [0.1, 0.15) is 37.4 Å². The monoisotopic (exact) mass is 279 g/mol. The standard InChI is InChI=1S/C13H21N5O2/c1-2-15-12(19)10-7-14-5-6-18(10)8-11-16-13(20-17-11)9-3-4-9/h9-10,14H,2-8H2,1H3,(H,15,19). The molecule has 0 spiro atoms. The van der Waals surface area contributed by atoms with Crippen LogP contribution in [0.4, 0.5) is 0 Å². The molecule has 1 saturated heterocycles. The van der Waals surface area contributed by atoms with E-state index in [2.05, 4.69) is 25.7 Å². The van der Waals surface area contributed by atoms with Gasteiger partial charge < -0.3 is 15.2 Å². The van der Waals surface area contributed by atoms with Crippen LogP contribution in [-0.2, 0) is 11.3 Å². The van der Waals surface area contributed by atoms with Crippen molar-refractivity contribution in [3.63, 3.8) is 0 Å². The van der Waals surface area contributed by atoms with Gasteiger partial charge >= 0.3 is 0 Å². The number of nitrogens with zero attached hydrogens (tertiary/aromatic N) is 3. The van der Waals surface area contributed by atoms with Gasteiger partial charge in [0.1, 0.15) is 6.04 Å². The number of likely N-dealkylation sites (N-methyl/N-ethyl adjacent to an activating group) is 1. The summed E-state index contributed by atoms with van der Waals surface area (Å²) in [4.78, 5) is 18.6. The highest BCUT2D eigenvalue weighted by atomic mass is 16.5. The molecule has 1 atom stereocenters. The molecule has 0 aromatic carbocycles. The molecular weight excluding hydrogens is 258 g/mol. The van der Waals surface area contributed by atoms with Gasteiger partial charge in [0.15, 0.2) is 5.82 Å². The summed E-state index contributed by atoms with van der Waals surface area (Å²) in [7, 11) is 0. The number of rotatable bonds is 5. The zero-order chi connectivity index (χ0) is 13.9. The lowest BCUT2D eigenvalue weighted by atomic mass is 10.1. The van der Waals surface area contributed by atoms with Crippen molar-refractivity contribution in [2.45, 2.75) is 38.3 Å². The molecule has 1 aliphatic heterocycles. The van der Waals surface area contributed by atoms with Crippen molar-refractivity contribution in [1.29, 1.82) is 0 Å². The number of carbonyl (C=O) groups excluding carboxylic acids is 1. The topological polar surface area (TPSA) is 83.3 Å². The van der Waals surface area contributed by atoms with Gasteiger partial charge in [-0.05, 0) is 19.8 Å². The minimum Gasteiger partial charge on any atom is -0.355 e. The molecule has 2 heterocycles. The molecule has 1 amide bonds. The SMILES string of the molecule is CCNC(=O)C1CNCCN1Cc1noc(C2CC2)n1. The first-order valence-corrected chi connectivity index (χ1v) is 7.33. The van der Waals surface area contributed by atoms with Crippen molar-refractivity contribution in [1.82, 2.24) is 25.7 Å². The van der Waals surface area contributed by atoms with Crippen LogP contribution >= 0.6 is 0 Å². The smallest absolute Gasteiger partial charge is 0.238 e. The maximum absolute atomic E-state index is 12.1. The first-order chi connectivity index (χ1) is 9.78. The number of nitrogens with one attached hydrogen (secondary N) is 2. The normalized spacial score (nSPS) is 23.8. The fourth-order valence-corrected chi connectivity index (χ4v) is 2.50. The Morgan fingerprint density at radius 2 is 2.40 bits per heavy atom. The third-order valence-electron chi connectivity index (χ3n) is 3.76. The Bertz CT molecular complexity index is 471. The Balaban J connectivity index is 1.64.